The fourth-order valence-electron chi connectivity index (χ4n) is 1.39. The molecule has 1 amide bonds. The number of carbonyl (C=O) groups is 1. The number of alkyl halides is 3. The van der Waals surface area contributed by atoms with Crippen molar-refractivity contribution < 1.29 is 18.0 Å². The number of carbonyl (C=O) groups excluding carboxylic acids is 1. The van der Waals surface area contributed by atoms with Crippen molar-refractivity contribution in [1.82, 2.24) is 4.90 Å². The molecule has 0 heterocycles. The van der Waals surface area contributed by atoms with E-state index in [2.05, 4.69) is 28.6 Å². The van der Waals surface area contributed by atoms with Crippen LogP contribution >= 0.6 is 28.6 Å². The van der Waals surface area contributed by atoms with E-state index in [0.717, 1.165) is 4.90 Å². The molecule has 0 spiro atoms. The van der Waals surface area contributed by atoms with E-state index in [4.69, 9.17) is 0 Å². The average Bonchev–Trinajstić information content (AvgIpc) is 2.27. The Morgan fingerprint density at radius 1 is 1.44 bits per heavy atom. The second kappa shape index (κ2) is 5.97. The highest BCUT2D eigenvalue weighted by atomic mass is 79.9. The third kappa shape index (κ3) is 4.20. The molecular formula is C11H11BrF3NOS. The first-order valence-corrected chi connectivity index (χ1v) is 6.33. The van der Waals surface area contributed by atoms with Crippen LogP contribution in [0.4, 0.5) is 13.2 Å². The second-order valence-corrected chi connectivity index (χ2v) is 4.97. The van der Waals surface area contributed by atoms with Crippen LogP contribution in [0.25, 0.3) is 0 Å². The molecule has 2 nitrogen and oxygen atoms in total. The number of benzene rings is 1. The fraction of sp³-hybridized carbons (Fsp3) is 0.364. The van der Waals surface area contributed by atoms with Crippen molar-refractivity contribution in [3.63, 3.8) is 0 Å². The van der Waals surface area contributed by atoms with E-state index >= 15 is 0 Å². The minimum atomic E-state index is -4.41. The smallest absolute Gasteiger partial charge is 0.330 e. The first-order chi connectivity index (χ1) is 8.24. The van der Waals surface area contributed by atoms with Gasteiger partial charge in [0, 0.05) is 15.9 Å². The third-order valence-electron chi connectivity index (χ3n) is 2.22. The summed E-state index contributed by atoms with van der Waals surface area (Å²) in [4.78, 5) is 13.3. The van der Waals surface area contributed by atoms with E-state index in [0.29, 0.717) is 9.37 Å². The Morgan fingerprint density at radius 3 is 2.56 bits per heavy atom. The van der Waals surface area contributed by atoms with E-state index in [1.165, 1.54) is 13.0 Å². The zero-order valence-electron chi connectivity index (χ0n) is 9.46. The number of halogens is 4. The number of hydrogen-bond donors (Lipinski definition) is 1. The average molecular weight is 342 g/mol. The summed E-state index contributed by atoms with van der Waals surface area (Å²) < 4.78 is 37.4. The maximum absolute atomic E-state index is 12.3. The molecule has 0 aliphatic carbocycles. The maximum Gasteiger partial charge on any atom is 0.406 e. The van der Waals surface area contributed by atoms with Gasteiger partial charge in [0.25, 0.3) is 5.91 Å². The highest BCUT2D eigenvalue weighted by molar-refractivity contribution is 9.10. The Kier molecular flexibility index (Phi) is 5.10. The molecule has 0 radical (unpaired) electrons. The Hall–Kier alpha value is -0.690. The first-order valence-electron chi connectivity index (χ1n) is 5.09. The molecular weight excluding hydrogens is 331 g/mol. The zero-order valence-corrected chi connectivity index (χ0v) is 11.9. The molecule has 1 aromatic rings. The summed E-state index contributed by atoms with van der Waals surface area (Å²) in [5, 5.41) is 0. The van der Waals surface area contributed by atoms with Crippen molar-refractivity contribution in [3.8, 4) is 0 Å². The van der Waals surface area contributed by atoms with Gasteiger partial charge in [-0.15, -0.1) is 12.6 Å². The van der Waals surface area contributed by atoms with Gasteiger partial charge in [-0.2, -0.15) is 13.2 Å². The van der Waals surface area contributed by atoms with Crippen molar-refractivity contribution in [2.45, 2.75) is 18.0 Å². The van der Waals surface area contributed by atoms with Crippen molar-refractivity contribution >= 4 is 34.5 Å². The van der Waals surface area contributed by atoms with Crippen molar-refractivity contribution in [1.29, 1.82) is 0 Å². The van der Waals surface area contributed by atoms with Gasteiger partial charge < -0.3 is 4.90 Å². The topological polar surface area (TPSA) is 20.3 Å². The third-order valence-corrected chi connectivity index (χ3v) is 3.19. The van der Waals surface area contributed by atoms with Gasteiger partial charge >= 0.3 is 6.18 Å². The van der Waals surface area contributed by atoms with Gasteiger partial charge in [0.15, 0.2) is 0 Å². The molecule has 0 saturated carbocycles. The van der Waals surface area contributed by atoms with E-state index in [9.17, 15) is 18.0 Å². The summed E-state index contributed by atoms with van der Waals surface area (Å²) in [6.07, 6.45) is -4.41. The normalized spacial score (nSPS) is 11.4. The summed E-state index contributed by atoms with van der Waals surface area (Å²) in [6.45, 7) is 0.231. The van der Waals surface area contributed by atoms with Crippen LogP contribution in [0.1, 0.15) is 17.3 Å². The van der Waals surface area contributed by atoms with Crippen LogP contribution in [0.15, 0.2) is 27.6 Å². The number of nitrogens with zero attached hydrogens (tertiary/aromatic N) is 1. The molecule has 0 aromatic heterocycles. The molecule has 18 heavy (non-hydrogen) atoms. The predicted molar refractivity (Wildman–Crippen MR) is 69.0 cm³/mol. The van der Waals surface area contributed by atoms with E-state index in [1.54, 1.807) is 12.1 Å². The minimum Gasteiger partial charge on any atom is -0.330 e. The standard InChI is InChI=1S/C11H11BrF3NOS/c1-2-16(6-11(13,14)15)10(17)8-5-7(18)3-4-9(8)12/h3-5,18H,2,6H2,1H3. The lowest BCUT2D eigenvalue weighted by molar-refractivity contribution is -0.140. The number of hydrogen-bond acceptors (Lipinski definition) is 2. The Bertz CT molecular complexity index is 450. The minimum absolute atomic E-state index is 0.0123. The Labute approximate surface area is 117 Å². The lowest BCUT2D eigenvalue weighted by atomic mass is 10.2. The molecule has 7 heteroatoms. The molecule has 0 atom stereocenters. The Morgan fingerprint density at radius 2 is 2.06 bits per heavy atom. The lowest BCUT2D eigenvalue weighted by Crippen LogP contribution is -2.38. The molecule has 0 saturated heterocycles. The summed E-state index contributed by atoms with van der Waals surface area (Å²) in [5.41, 5.74) is 0.175. The van der Waals surface area contributed by atoms with Crippen LogP contribution in [0.5, 0.6) is 0 Å². The zero-order chi connectivity index (χ0) is 13.9. The number of thiol groups is 1. The van der Waals surface area contributed by atoms with Crippen LogP contribution in [-0.2, 0) is 0 Å². The second-order valence-electron chi connectivity index (χ2n) is 3.60. The van der Waals surface area contributed by atoms with Gasteiger partial charge in [0.2, 0.25) is 0 Å². The summed E-state index contributed by atoms with van der Waals surface area (Å²) in [5.74, 6) is -0.669. The molecule has 0 bridgehead atoms. The molecule has 0 aliphatic heterocycles. The highest BCUT2D eigenvalue weighted by Gasteiger charge is 2.33. The molecule has 0 fully saturated rings. The van der Waals surface area contributed by atoms with Crippen molar-refractivity contribution in [2.24, 2.45) is 0 Å². The molecule has 1 aromatic carbocycles. The number of rotatable bonds is 3. The van der Waals surface area contributed by atoms with Crippen LogP contribution in [-0.4, -0.2) is 30.1 Å². The highest BCUT2D eigenvalue weighted by Crippen LogP contribution is 2.24. The summed E-state index contributed by atoms with van der Waals surface area (Å²) in [6, 6.07) is 4.66. The van der Waals surface area contributed by atoms with Gasteiger partial charge in [-0.3, -0.25) is 4.79 Å². The van der Waals surface area contributed by atoms with Crippen LogP contribution in [0, 0.1) is 0 Å². The largest absolute Gasteiger partial charge is 0.406 e. The quantitative estimate of drug-likeness (QED) is 0.830. The van der Waals surface area contributed by atoms with Gasteiger partial charge in [-0.05, 0) is 41.1 Å². The van der Waals surface area contributed by atoms with Crippen molar-refractivity contribution in [2.75, 3.05) is 13.1 Å². The fourth-order valence-corrected chi connectivity index (χ4v) is 2.01. The summed E-state index contributed by atoms with van der Waals surface area (Å²) in [7, 11) is 0. The first kappa shape index (κ1) is 15.4. The maximum atomic E-state index is 12.3. The lowest BCUT2D eigenvalue weighted by Gasteiger charge is -2.23. The van der Waals surface area contributed by atoms with Crippen LogP contribution in [0.2, 0.25) is 0 Å². The Balaban J connectivity index is 3.00. The van der Waals surface area contributed by atoms with Gasteiger partial charge in [-0.1, -0.05) is 0 Å². The molecule has 0 unspecified atom stereocenters. The van der Waals surface area contributed by atoms with E-state index < -0.39 is 18.6 Å². The van der Waals surface area contributed by atoms with Crippen LogP contribution in [0.3, 0.4) is 0 Å². The van der Waals surface area contributed by atoms with Gasteiger partial charge in [-0.25, -0.2) is 0 Å². The van der Waals surface area contributed by atoms with Crippen LogP contribution < -0.4 is 0 Å². The van der Waals surface area contributed by atoms with Crippen molar-refractivity contribution in [3.05, 3.63) is 28.2 Å². The van der Waals surface area contributed by atoms with E-state index in [1.807, 2.05) is 0 Å². The molecule has 0 aliphatic rings. The molecule has 100 valence electrons. The molecule has 0 N–H and O–H groups in total. The molecule has 1 rings (SSSR count). The SMILES string of the molecule is CCN(CC(F)(F)F)C(=O)c1cc(S)ccc1Br. The van der Waals surface area contributed by atoms with Gasteiger partial charge in [0.05, 0.1) is 5.56 Å². The summed E-state index contributed by atoms with van der Waals surface area (Å²) >= 11 is 7.21. The monoisotopic (exact) mass is 341 g/mol. The number of amides is 1. The van der Waals surface area contributed by atoms with E-state index in [-0.39, 0.29) is 12.1 Å². The predicted octanol–water partition coefficient (Wildman–Crippen LogP) is 3.76. The van der Waals surface area contributed by atoms with Gasteiger partial charge in [0.1, 0.15) is 6.54 Å².